The summed E-state index contributed by atoms with van der Waals surface area (Å²) in [5.74, 6) is -0.798. The van der Waals surface area contributed by atoms with E-state index < -0.39 is 15.9 Å². The number of benzene rings is 1. The summed E-state index contributed by atoms with van der Waals surface area (Å²) in [6.45, 7) is 1.98. The fourth-order valence-corrected chi connectivity index (χ4v) is 4.68. The first-order valence-electron chi connectivity index (χ1n) is 8.41. The molecule has 0 bridgehead atoms. The molecule has 142 valence electrons. The Hall–Kier alpha value is -2.10. The van der Waals surface area contributed by atoms with E-state index in [1.807, 2.05) is 19.0 Å². The second-order valence-electron chi connectivity index (χ2n) is 6.48. The SMILES string of the molecule is CN(C)CCN1C(C(=O)N2CCOCC2)=C(O)c2ccccc2S1(=O)=O. The van der Waals surface area contributed by atoms with Crippen LogP contribution in [-0.4, -0.2) is 87.0 Å². The number of hydrogen-bond donors (Lipinski definition) is 1. The molecule has 26 heavy (non-hydrogen) atoms. The van der Waals surface area contributed by atoms with Gasteiger partial charge in [-0.15, -0.1) is 0 Å². The Bertz CT molecular complexity index is 829. The molecule has 1 aromatic rings. The van der Waals surface area contributed by atoms with Gasteiger partial charge < -0.3 is 19.6 Å². The van der Waals surface area contributed by atoms with Crippen molar-refractivity contribution in [3.05, 3.63) is 35.5 Å². The maximum Gasteiger partial charge on any atom is 0.275 e. The Balaban J connectivity index is 2.10. The zero-order valence-corrected chi connectivity index (χ0v) is 15.7. The van der Waals surface area contributed by atoms with Crippen molar-refractivity contribution in [3.8, 4) is 0 Å². The molecular weight excluding hydrogens is 358 g/mol. The van der Waals surface area contributed by atoms with Crippen LogP contribution in [0.4, 0.5) is 0 Å². The molecule has 2 heterocycles. The van der Waals surface area contributed by atoms with Crippen LogP contribution in [0.25, 0.3) is 5.76 Å². The van der Waals surface area contributed by atoms with Gasteiger partial charge in [-0.25, -0.2) is 8.42 Å². The number of amides is 1. The second-order valence-corrected chi connectivity index (χ2v) is 8.31. The molecule has 0 atom stereocenters. The zero-order valence-electron chi connectivity index (χ0n) is 14.9. The minimum Gasteiger partial charge on any atom is -0.505 e. The van der Waals surface area contributed by atoms with Gasteiger partial charge in [0.2, 0.25) is 0 Å². The third kappa shape index (κ3) is 3.29. The van der Waals surface area contributed by atoms with Gasteiger partial charge in [0.05, 0.1) is 18.1 Å². The van der Waals surface area contributed by atoms with E-state index in [2.05, 4.69) is 0 Å². The molecule has 0 aromatic heterocycles. The molecule has 1 fully saturated rings. The van der Waals surface area contributed by atoms with E-state index in [1.54, 1.807) is 12.1 Å². The minimum absolute atomic E-state index is 0.00906. The highest BCUT2D eigenvalue weighted by Gasteiger charge is 2.41. The summed E-state index contributed by atoms with van der Waals surface area (Å²) >= 11 is 0. The second kappa shape index (κ2) is 7.26. The number of carbonyl (C=O) groups is 1. The average Bonchev–Trinajstić information content (AvgIpc) is 2.63. The predicted molar refractivity (Wildman–Crippen MR) is 95.8 cm³/mol. The molecule has 2 aliphatic rings. The summed E-state index contributed by atoms with van der Waals surface area (Å²) in [6.07, 6.45) is 0. The lowest BCUT2D eigenvalue weighted by molar-refractivity contribution is -0.132. The number of hydrogen-bond acceptors (Lipinski definition) is 6. The first-order chi connectivity index (χ1) is 12.3. The summed E-state index contributed by atoms with van der Waals surface area (Å²) in [6, 6.07) is 6.19. The van der Waals surface area contributed by atoms with Crippen molar-refractivity contribution in [2.24, 2.45) is 0 Å². The molecule has 1 amide bonds. The van der Waals surface area contributed by atoms with Crippen LogP contribution in [0.1, 0.15) is 5.56 Å². The number of fused-ring (bicyclic) bond motifs is 1. The molecule has 2 aliphatic heterocycles. The Kier molecular flexibility index (Phi) is 5.22. The number of aliphatic hydroxyl groups excluding tert-OH is 1. The van der Waals surface area contributed by atoms with Crippen LogP contribution >= 0.6 is 0 Å². The molecular formula is C17H23N3O5S. The number of carbonyl (C=O) groups excluding carboxylic acids is 1. The summed E-state index contributed by atoms with van der Waals surface area (Å²) in [7, 11) is -0.300. The lowest BCUT2D eigenvalue weighted by atomic mass is 10.1. The number of ether oxygens (including phenoxy) is 1. The van der Waals surface area contributed by atoms with Crippen molar-refractivity contribution in [1.82, 2.24) is 14.1 Å². The van der Waals surface area contributed by atoms with Crippen LogP contribution in [-0.2, 0) is 19.6 Å². The van der Waals surface area contributed by atoms with Crippen molar-refractivity contribution in [1.29, 1.82) is 0 Å². The quantitative estimate of drug-likeness (QED) is 0.809. The summed E-state index contributed by atoms with van der Waals surface area (Å²) in [5.41, 5.74) is -0.0299. The summed E-state index contributed by atoms with van der Waals surface area (Å²) < 4.78 is 32.5. The van der Waals surface area contributed by atoms with Gasteiger partial charge in [-0.3, -0.25) is 9.10 Å². The van der Waals surface area contributed by atoms with Gasteiger partial charge in [0.15, 0.2) is 11.5 Å². The summed E-state index contributed by atoms with van der Waals surface area (Å²) in [5, 5.41) is 10.8. The third-order valence-corrected chi connectivity index (χ3v) is 6.29. The van der Waals surface area contributed by atoms with Crippen molar-refractivity contribution in [3.63, 3.8) is 0 Å². The highest BCUT2D eigenvalue weighted by molar-refractivity contribution is 7.89. The van der Waals surface area contributed by atoms with Crippen molar-refractivity contribution >= 4 is 21.7 Å². The Morgan fingerprint density at radius 2 is 1.88 bits per heavy atom. The lowest BCUT2D eigenvalue weighted by Crippen LogP contribution is -2.48. The molecule has 1 saturated heterocycles. The van der Waals surface area contributed by atoms with E-state index in [-0.39, 0.29) is 28.5 Å². The number of morpholine rings is 1. The van der Waals surface area contributed by atoms with Gasteiger partial charge in [-0.05, 0) is 26.2 Å². The average molecular weight is 381 g/mol. The molecule has 0 unspecified atom stereocenters. The topological polar surface area (TPSA) is 90.4 Å². The third-order valence-electron chi connectivity index (χ3n) is 4.44. The Morgan fingerprint density at radius 3 is 2.54 bits per heavy atom. The number of likely N-dealkylation sites (N-methyl/N-ethyl adjacent to an activating group) is 1. The van der Waals surface area contributed by atoms with Gasteiger partial charge in [0.1, 0.15) is 0 Å². The predicted octanol–water partition coefficient (Wildman–Crippen LogP) is 0.338. The summed E-state index contributed by atoms with van der Waals surface area (Å²) in [4.78, 5) is 16.4. The molecule has 8 nitrogen and oxygen atoms in total. The number of sulfonamides is 1. The van der Waals surface area contributed by atoms with E-state index in [4.69, 9.17) is 4.74 Å². The van der Waals surface area contributed by atoms with Crippen LogP contribution in [0.15, 0.2) is 34.9 Å². The van der Waals surface area contributed by atoms with Crippen LogP contribution in [0, 0.1) is 0 Å². The standard InChI is InChI=1S/C17H23N3O5S/c1-18(2)7-8-20-15(17(22)19-9-11-25-12-10-19)16(21)13-5-3-4-6-14(13)26(20,23)24/h3-6,21H,7-12H2,1-2H3. The van der Waals surface area contributed by atoms with E-state index in [0.29, 0.717) is 32.8 Å². The Morgan fingerprint density at radius 1 is 1.23 bits per heavy atom. The maximum atomic E-state index is 13.1. The fraction of sp³-hybridized carbons (Fsp3) is 0.471. The van der Waals surface area contributed by atoms with E-state index in [1.165, 1.54) is 17.0 Å². The van der Waals surface area contributed by atoms with E-state index in [9.17, 15) is 18.3 Å². The van der Waals surface area contributed by atoms with Crippen molar-refractivity contribution in [2.75, 3.05) is 53.5 Å². The van der Waals surface area contributed by atoms with Gasteiger partial charge in [0.25, 0.3) is 15.9 Å². The van der Waals surface area contributed by atoms with Crippen LogP contribution < -0.4 is 0 Å². The van der Waals surface area contributed by atoms with Crippen molar-refractivity contribution < 1.29 is 23.1 Å². The molecule has 0 spiro atoms. The molecule has 1 N–H and O–H groups in total. The minimum atomic E-state index is -3.93. The number of rotatable bonds is 4. The fourth-order valence-electron chi connectivity index (χ4n) is 3.02. The van der Waals surface area contributed by atoms with Crippen LogP contribution in [0.2, 0.25) is 0 Å². The molecule has 1 aromatic carbocycles. The molecule has 0 radical (unpaired) electrons. The molecule has 9 heteroatoms. The monoisotopic (exact) mass is 381 g/mol. The smallest absolute Gasteiger partial charge is 0.275 e. The van der Waals surface area contributed by atoms with Crippen LogP contribution in [0.5, 0.6) is 0 Å². The molecule has 3 rings (SSSR count). The molecule has 0 aliphatic carbocycles. The Labute approximate surface area is 153 Å². The van der Waals surface area contributed by atoms with Gasteiger partial charge in [0, 0.05) is 31.7 Å². The van der Waals surface area contributed by atoms with Gasteiger partial charge in [-0.2, -0.15) is 0 Å². The first-order valence-corrected chi connectivity index (χ1v) is 9.85. The number of aliphatic hydroxyl groups is 1. The zero-order chi connectivity index (χ0) is 18.9. The van der Waals surface area contributed by atoms with E-state index in [0.717, 1.165) is 4.31 Å². The van der Waals surface area contributed by atoms with Crippen LogP contribution in [0.3, 0.4) is 0 Å². The molecule has 0 saturated carbocycles. The largest absolute Gasteiger partial charge is 0.505 e. The highest BCUT2D eigenvalue weighted by atomic mass is 32.2. The van der Waals surface area contributed by atoms with E-state index >= 15 is 0 Å². The number of nitrogens with zero attached hydrogens (tertiary/aromatic N) is 3. The first kappa shape index (κ1) is 18.7. The van der Waals surface area contributed by atoms with Gasteiger partial charge in [-0.1, -0.05) is 12.1 Å². The van der Waals surface area contributed by atoms with Gasteiger partial charge >= 0.3 is 0 Å². The normalized spacial score (nSPS) is 19.7. The lowest BCUT2D eigenvalue weighted by Gasteiger charge is -2.35. The maximum absolute atomic E-state index is 13.1. The highest BCUT2D eigenvalue weighted by Crippen LogP contribution is 2.36. The van der Waals surface area contributed by atoms with Crippen molar-refractivity contribution in [2.45, 2.75) is 4.90 Å².